The third-order valence-corrected chi connectivity index (χ3v) is 4.17. The molecule has 0 spiro atoms. The smallest absolute Gasteiger partial charge is 0.272 e. The van der Waals surface area contributed by atoms with Crippen molar-refractivity contribution >= 4 is 23.4 Å². The first-order valence-corrected chi connectivity index (χ1v) is 8.34. The molecular weight excluding hydrogens is 344 g/mol. The van der Waals surface area contributed by atoms with Gasteiger partial charge < -0.3 is 10.6 Å². The van der Waals surface area contributed by atoms with Gasteiger partial charge in [-0.2, -0.15) is 5.10 Å². The van der Waals surface area contributed by atoms with Crippen LogP contribution in [-0.2, 0) is 6.42 Å². The Labute approximate surface area is 149 Å². The van der Waals surface area contributed by atoms with E-state index in [4.69, 9.17) is 11.6 Å². The second kappa shape index (κ2) is 7.52. The van der Waals surface area contributed by atoms with Gasteiger partial charge >= 0.3 is 0 Å². The van der Waals surface area contributed by atoms with E-state index in [2.05, 4.69) is 30.8 Å². The van der Waals surface area contributed by atoms with Crippen LogP contribution < -0.4 is 10.6 Å². The average Bonchev–Trinajstić information content (AvgIpc) is 3.38. The van der Waals surface area contributed by atoms with Crippen molar-refractivity contribution in [3.8, 4) is 0 Å². The predicted molar refractivity (Wildman–Crippen MR) is 90.1 cm³/mol. The Morgan fingerprint density at radius 2 is 2.20 bits per heavy atom. The predicted octanol–water partition coefficient (Wildman–Crippen LogP) is 1.03. The highest BCUT2D eigenvalue weighted by Gasteiger charge is 2.38. The number of halogens is 1. The molecule has 1 aliphatic rings. The van der Waals surface area contributed by atoms with Crippen LogP contribution in [0.1, 0.15) is 40.1 Å². The maximum Gasteiger partial charge on any atom is 0.272 e. The van der Waals surface area contributed by atoms with Gasteiger partial charge in [-0.15, -0.1) is 5.10 Å². The lowest BCUT2D eigenvalue weighted by atomic mass is 10.3. The highest BCUT2D eigenvalue weighted by molar-refractivity contribution is 6.33. The Kier molecular flexibility index (Phi) is 5.18. The molecule has 0 radical (unpaired) electrons. The Bertz CT molecular complexity index is 785. The standard InChI is InChI=1S/C16H17ClN6O2/c1-2-13-18-8-10(17)14(22-13)16(25)19-7-9-6-12(9)21-15(24)11-4-3-5-20-23-11/h3-5,8-9,12H,2,6-7H2,1H3,(H,19,25)(H,21,24). The maximum atomic E-state index is 12.2. The molecule has 2 atom stereocenters. The molecular formula is C16H17ClN6O2. The molecule has 25 heavy (non-hydrogen) atoms. The van der Waals surface area contributed by atoms with Crippen molar-refractivity contribution in [2.24, 2.45) is 5.92 Å². The first kappa shape index (κ1) is 17.2. The van der Waals surface area contributed by atoms with Crippen molar-refractivity contribution in [3.05, 3.63) is 46.8 Å². The van der Waals surface area contributed by atoms with Crippen LogP contribution in [0.15, 0.2) is 24.5 Å². The summed E-state index contributed by atoms with van der Waals surface area (Å²) in [6.07, 6.45) is 4.36. The van der Waals surface area contributed by atoms with E-state index in [1.807, 2.05) is 6.92 Å². The fourth-order valence-electron chi connectivity index (χ4n) is 2.36. The fourth-order valence-corrected chi connectivity index (χ4v) is 2.53. The van der Waals surface area contributed by atoms with E-state index in [1.165, 1.54) is 12.4 Å². The number of hydrogen-bond acceptors (Lipinski definition) is 6. The van der Waals surface area contributed by atoms with Crippen LogP contribution in [0.5, 0.6) is 0 Å². The van der Waals surface area contributed by atoms with Crippen LogP contribution in [0, 0.1) is 5.92 Å². The molecule has 1 fully saturated rings. The number of aromatic nitrogens is 4. The SMILES string of the molecule is CCc1ncc(Cl)c(C(=O)NCC2CC2NC(=O)c2cccnn2)n1. The molecule has 0 aliphatic heterocycles. The van der Waals surface area contributed by atoms with Gasteiger partial charge in [0.15, 0.2) is 5.69 Å². The van der Waals surface area contributed by atoms with Gasteiger partial charge in [-0.1, -0.05) is 18.5 Å². The Morgan fingerprint density at radius 3 is 2.92 bits per heavy atom. The number of rotatable bonds is 6. The summed E-state index contributed by atoms with van der Waals surface area (Å²) in [6, 6.07) is 3.27. The molecule has 9 heteroatoms. The quantitative estimate of drug-likeness (QED) is 0.796. The van der Waals surface area contributed by atoms with Crippen LogP contribution in [-0.4, -0.2) is 44.6 Å². The number of hydrogen-bond donors (Lipinski definition) is 2. The summed E-state index contributed by atoms with van der Waals surface area (Å²) in [5, 5.41) is 13.3. The van der Waals surface area contributed by atoms with Crippen molar-refractivity contribution in [1.82, 2.24) is 30.8 Å². The minimum Gasteiger partial charge on any atom is -0.350 e. The fraction of sp³-hybridized carbons (Fsp3) is 0.375. The number of carbonyl (C=O) groups excluding carboxylic acids is 2. The first-order valence-electron chi connectivity index (χ1n) is 7.96. The van der Waals surface area contributed by atoms with E-state index in [0.29, 0.717) is 18.8 Å². The van der Waals surface area contributed by atoms with Crippen LogP contribution in [0.3, 0.4) is 0 Å². The lowest BCUT2D eigenvalue weighted by Gasteiger charge is -2.07. The second-order valence-electron chi connectivity index (χ2n) is 5.73. The van der Waals surface area contributed by atoms with E-state index in [-0.39, 0.29) is 40.2 Å². The molecule has 2 N–H and O–H groups in total. The lowest BCUT2D eigenvalue weighted by molar-refractivity contribution is 0.0943. The van der Waals surface area contributed by atoms with Gasteiger partial charge in [0, 0.05) is 25.2 Å². The Balaban J connectivity index is 1.49. The Morgan fingerprint density at radius 1 is 1.36 bits per heavy atom. The molecule has 3 rings (SSSR count). The summed E-state index contributed by atoms with van der Waals surface area (Å²) < 4.78 is 0. The van der Waals surface area contributed by atoms with Crippen molar-refractivity contribution < 1.29 is 9.59 Å². The Hall–Kier alpha value is -2.61. The molecule has 2 amide bonds. The number of carbonyl (C=O) groups is 2. The van der Waals surface area contributed by atoms with Gasteiger partial charge in [0.2, 0.25) is 0 Å². The molecule has 2 aromatic rings. The van der Waals surface area contributed by atoms with Crippen molar-refractivity contribution in [2.45, 2.75) is 25.8 Å². The summed E-state index contributed by atoms with van der Waals surface area (Å²) in [7, 11) is 0. The third-order valence-electron chi connectivity index (χ3n) is 3.89. The van der Waals surface area contributed by atoms with Crippen LogP contribution in [0.25, 0.3) is 0 Å². The molecule has 0 bridgehead atoms. The molecule has 0 aromatic carbocycles. The zero-order chi connectivity index (χ0) is 17.8. The summed E-state index contributed by atoms with van der Waals surface area (Å²) in [4.78, 5) is 32.4. The van der Waals surface area contributed by atoms with Gasteiger partial charge in [-0.3, -0.25) is 9.59 Å². The summed E-state index contributed by atoms with van der Waals surface area (Å²) in [5.74, 6) is 0.136. The monoisotopic (exact) mass is 360 g/mol. The molecule has 2 heterocycles. The van der Waals surface area contributed by atoms with Crippen molar-refractivity contribution in [2.75, 3.05) is 6.54 Å². The van der Waals surface area contributed by atoms with Crippen LogP contribution in [0.2, 0.25) is 5.02 Å². The summed E-state index contributed by atoms with van der Waals surface area (Å²) in [6.45, 7) is 2.34. The zero-order valence-electron chi connectivity index (χ0n) is 13.6. The average molecular weight is 361 g/mol. The van der Waals surface area contributed by atoms with E-state index in [0.717, 1.165) is 6.42 Å². The normalized spacial score (nSPS) is 18.5. The number of aryl methyl sites for hydroxylation is 1. The zero-order valence-corrected chi connectivity index (χ0v) is 14.3. The summed E-state index contributed by atoms with van der Waals surface area (Å²) in [5.41, 5.74) is 0.450. The molecule has 1 saturated carbocycles. The van der Waals surface area contributed by atoms with Crippen LogP contribution in [0.4, 0.5) is 0 Å². The van der Waals surface area contributed by atoms with Gasteiger partial charge in [0.05, 0.1) is 11.2 Å². The number of nitrogens with zero attached hydrogens (tertiary/aromatic N) is 4. The highest BCUT2D eigenvalue weighted by atomic mass is 35.5. The van der Waals surface area contributed by atoms with Gasteiger partial charge in [0.25, 0.3) is 11.8 Å². The van der Waals surface area contributed by atoms with Crippen molar-refractivity contribution in [3.63, 3.8) is 0 Å². The molecule has 130 valence electrons. The largest absolute Gasteiger partial charge is 0.350 e. The number of nitrogens with one attached hydrogen (secondary N) is 2. The third kappa shape index (κ3) is 4.27. The lowest BCUT2D eigenvalue weighted by Crippen LogP contribution is -2.32. The van der Waals surface area contributed by atoms with E-state index in [1.54, 1.807) is 12.1 Å². The molecule has 8 nitrogen and oxygen atoms in total. The topological polar surface area (TPSA) is 110 Å². The van der Waals surface area contributed by atoms with E-state index < -0.39 is 0 Å². The van der Waals surface area contributed by atoms with Gasteiger partial charge in [0.1, 0.15) is 11.5 Å². The minimum atomic E-state index is -0.340. The van der Waals surface area contributed by atoms with Crippen molar-refractivity contribution in [1.29, 1.82) is 0 Å². The van der Waals surface area contributed by atoms with Gasteiger partial charge in [-0.05, 0) is 24.5 Å². The van der Waals surface area contributed by atoms with Gasteiger partial charge in [-0.25, -0.2) is 9.97 Å². The van der Waals surface area contributed by atoms with E-state index in [9.17, 15) is 9.59 Å². The first-order chi connectivity index (χ1) is 12.1. The molecule has 2 aromatic heterocycles. The van der Waals surface area contributed by atoms with E-state index >= 15 is 0 Å². The molecule has 1 aliphatic carbocycles. The molecule has 2 unspecified atom stereocenters. The highest BCUT2D eigenvalue weighted by Crippen LogP contribution is 2.29. The molecule has 0 saturated heterocycles. The van der Waals surface area contributed by atoms with Crippen LogP contribution >= 0.6 is 11.6 Å². The summed E-state index contributed by atoms with van der Waals surface area (Å²) >= 11 is 5.99. The minimum absolute atomic E-state index is 0.0156. The maximum absolute atomic E-state index is 12.2. The second-order valence-corrected chi connectivity index (χ2v) is 6.14. The number of amides is 2.